The summed E-state index contributed by atoms with van der Waals surface area (Å²) in [5.74, 6) is -0.291. The van der Waals surface area contributed by atoms with Gasteiger partial charge in [-0.15, -0.1) is 0 Å². The lowest BCUT2D eigenvalue weighted by Gasteiger charge is -2.01. The van der Waals surface area contributed by atoms with E-state index >= 15 is 0 Å². The lowest BCUT2D eigenvalue weighted by atomic mass is 10.1. The molecule has 0 saturated carbocycles. The van der Waals surface area contributed by atoms with Crippen molar-refractivity contribution in [3.63, 3.8) is 0 Å². The molecule has 0 atom stereocenters. The van der Waals surface area contributed by atoms with Gasteiger partial charge in [0.2, 0.25) is 5.91 Å². The molecule has 0 aliphatic heterocycles. The van der Waals surface area contributed by atoms with E-state index < -0.39 is 0 Å². The Morgan fingerprint density at radius 1 is 0.941 bits per heavy atom. The molecule has 2 heteroatoms. The maximum Gasteiger partial charge on any atom is 0.244 e. The van der Waals surface area contributed by atoms with Gasteiger partial charge in [0.15, 0.2) is 0 Å². The highest BCUT2D eigenvalue weighted by Crippen LogP contribution is 2.11. The molecule has 1 amide bonds. The third-order valence-electron chi connectivity index (χ3n) is 3.15. The van der Waals surface area contributed by atoms with Gasteiger partial charge in [0.1, 0.15) is 0 Å². The number of unbranched alkanes of at least 4 members (excludes halogenated alkanes) is 9. The summed E-state index contributed by atoms with van der Waals surface area (Å²) in [6.07, 6.45) is 15.0. The standard InChI is InChI=1S/C15H29NO/c1-3-4-5-6-7-8-9-10-11-12-13-14(2)15(16)17/h13H,3-12H2,1-2H3,(H2,16,17). The van der Waals surface area contributed by atoms with E-state index in [9.17, 15) is 4.79 Å². The summed E-state index contributed by atoms with van der Waals surface area (Å²) in [6.45, 7) is 4.04. The highest BCUT2D eigenvalue weighted by atomic mass is 16.1. The first-order valence-corrected chi connectivity index (χ1v) is 7.15. The molecule has 0 radical (unpaired) electrons. The molecular weight excluding hydrogens is 210 g/mol. The lowest BCUT2D eigenvalue weighted by Crippen LogP contribution is -2.11. The Morgan fingerprint density at radius 3 is 1.88 bits per heavy atom. The minimum absolute atomic E-state index is 0.291. The molecule has 0 rings (SSSR count). The number of amides is 1. The maximum atomic E-state index is 10.7. The normalized spacial score (nSPS) is 11.8. The summed E-state index contributed by atoms with van der Waals surface area (Å²) in [5, 5.41) is 0. The van der Waals surface area contributed by atoms with Crippen LogP contribution in [0.5, 0.6) is 0 Å². The van der Waals surface area contributed by atoms with Crippen LogP contribution in [0.3, 0.4) is 0 Å². The molecule has 0 aromatic heterocycles. The zero-order valence-electron chi connectivity index (χ0n) is 11.6. The fraction of sp³-hybridized carbons (Fsp3) is 0.800. The maximum absolute atomic E-state index is 10.7. The second kappa shape index (κ2) is 11.7. The fourth-order valence-electron chi connectivity index (χ4n) is 1.87. The molecule has 0 bridgehead atoms. The number of carbonyl (C=O) groups excluding carboxylic acids is 1. The number of hydrogen-bond acceptors (Lipinski definition) is 1. The predicted molar refractivity (Wildman–Crippen MR) is 74.8 cm³/mol. The first-order chi connectivity index (χ1) is 8.18. The molecule has 0 unspecified atom stereocenters. The molecule has 2 nitrogen and oxygen atoms in total. The van der Waals surface area contributed by atoms with Gasteiger partial charge in [-0.1, -0.05) is 64.4 Å². The van der Waals surface area contributed by atoms with Crippen molar-refractivity contribution in [3.05, 3.63) is 11.6 Å². The van der Waals surface area contributed by atoms with Crippen molar-refractivity contribution in [1.29, 1.82) is 0 Å². The summed E-state index contributed by atoms with van der Waals surface area (Å²) in [4.78, 5) is 10.7. The van der Waals surface area contributed by atoms with E-state index in [2.05, 4.69) is 6.92 Å². The predicted octanol–water partition coefficient (Wildman–Crippen LogP) is 4.34. The second-order valence-corrected chi connectivity index (χ2v) is 4.87. The van der Waals surface area contributed by atoms with E-state index in [1.54, 1.807) is 6.92 Å². The molecule has 0 aromatic rings. The number of allylic oxidation sites excluding steroid dienone is 1. The van der Waals surface area contributed by atoms with E-state index in [-0.39, 0.29) is 5.91 Å². The Morgan fingerprint density at radius 2 is 1.41 bits per heavy atom. The van der Waals surface area contributed by atoms with Crippen LogP contribution >= 0.6 is 0 Å². The van der Waals surface area contributed by atoms with Crippen molar-refractivity contribution >= 4 is 5.91 Å². The molecule has 17 heavy (non-hydrogen) atoms. The molecule has 0 aliphatic carbocycles. The lowest BCUT2D eigenvalue weighted by molar-refractivity contribution is -0.114. The van der Waals surface area contributed by atoms with Gasteiger partial charge in [0.05, 0.1) is 0 Å². The molecule has 0 aliphatic rings. The molecular formula is C15H29NO. The molecule has 0 heterocycles. The highest BCUT2D eigenvalue weighted by molar-refractivity contribution is 5.91. The van der Waals surface area contributed by atoms with Crippen LogP contribution in [0.2, 0.25) is 0 Å². The summed E-state index contributed by atoms with van der Waals surface area (Å²) in [7, 11) is 0. The van der Waals surface area contributed by atoms with Crippen LogP contribution in [0.1, 0.15) is 78.1 Å². The van der Waals surface area contributed by atoms with Crippen LogP contribution in [-0.2, 0) is 4.79 Å². The fourth-order valence-corrected chi connectivity index (χ4v) is 1.87. The van der Waals surface area contributed by atoms with Gasteiger partial charge >= 0.3 is 0 Å². The summed E-state index contributed by atoms with van der Waals surface area (Å²) < 4.78 is 0. The van der Waals surface area contributed by atoms with Crippen molar-refractivity contribution in [2.75, 3.05) is 0 Å². The minimum atomic E-state index is -0.291. The van der Waals surface area contributed by atoms with E-state index in [4.69, 9.17) is 5.73 Å². The van der Waals surface area contributed by atoms with E-state index in [1.807, 2.05) is 6.08 Å². The van der Waals surface area contributed by atoms with Crippen LogP contribution in [0, 0.1) is 0 Å². The van der Waals surface area contributed by atoms with Crippen molar-refractivity contribution in [2.45, 2.75) is 78.1 Å². The molecule has 2 N–H and O–H groups in total. The summed E-state index contributed by atoms with van der Waals surface area (Å²) >= 11 is 0. The molecule has 0 aromatic carbocycles. The SMILES string of the molecule is CCCCCCCCCCCC=C(C)C(N)=O. The number of nitrogens with two attached hydrogens (primary N) is 1. The smallest absolute Gasteiger partial charge is 0.244 e. The van der Waals surface area contributed by atoms with Gasteiger partial charge in [-0.25, -0.2) is 0 Å². The van der Waals surface area contributed by atoms with Gasteiger partial charge in [-0.3, -0.25) is 4.79 Å². The molecule has 0 saturated heterocycles. The van der Waals surface area contributed by atoms with E-state index in [1.165, 1.54) is 57.8 Å². The molecule has 0 fully saturated rings. The average molecular weight is 239 g/mol. The van der Waals surface area contributed by atoms with Crippen LogP contribution in [-0.4, -0.2) is 5.91 Å². The van der Waals surface area contributed by atoms with E-state index in [0.717, 1.165) is 6.42 Å². The summed E-state index contributed by atoms with van der Waals surface area (Å²) in [5.41, 5.74) is 5.85. The van der Waals surface area contributed by atoms with Crippen LogP contribution in [0.15, 0.2) is 11.6 Å². The van der Waals surface area contributed by atoms with Crippen LogP contribution in [0.4, 0.5) is 0 Å². The zero-order valence-corrected chi connectivity index (χ0v) is 11.6. The first kappa shape index (κ1) is 16.2. The van der Waals surface area contributed by atoms with Crippen molar-refractivity contribution in [1.82, 2.24) is 0 Å². The quantitative estimate of drug-likeness (QED) is 0.423. The van der Waals surface area contributed by atoms with E-state index in [0.29, 0.717) is 5.57 Å². The number of hydrogen-bond donors (Lipinski definition) is 1. The Balaban J connectivity index is 3.19. The number of rotatable bonds is 11. The first-order valence-electron chi connectivity index (χ1n) is 7.15. The average Bonchev–Trinajstić information content (AvgIpc) is 2.31. The second-order valence-electron chi connectivity index (χ2n) is 4.87. The third-order valence-corrected chi connectivity index (χ3v) is 3.15. The van der Waals surface area contributed by atoms with Gasteiger partial charge in [0.25, 0.3) is 0 Å². The number of primary amides is 1. The highest BCUT2D eigenvalue weighted by Gasteiger charge is 1.95. The Hall–Kier alpha value is -0.790. The van der Waals surface area contributed by atoms with Crippen molar-refractivity contribution in [2.24, 2.45) is 5.73 Å². The van der Waals surface area contributed by atoms with Crippen LogP contribution < -0.4 is 5.73 Å². The third kappa shape index (κ3) is 11.5. The van der Waals surface area contributed by atoms with Gasteiger partial charge in [-0.2, -0.15) is 0 Å². The number of carbonyl (C=O) groups is 1. The van der Waals surface area contributed by atoms with Gasteiger partial charge in [-0.05, 0) is 19.8 Å². The Bertz CT molecular complexity index is 221. The zero-order chi connectivity index (χ0) is 12.9. The largest absolute Gasteiger partial charge is 0.366 e. The van der Waals surface area contributed by atoms with Crippen molar-refractivity contribution < 1.29 is 4.79 Å². The van der Waals surface area contributed by atoms with Crippen molar-refractivity contribution in [3.8, 4) is 0 Å². The van der Waals surface area contributed by atoms with Crippen LogP contribution in [0.25, 0.3) is 0 Å². The summed E-state index contributed by atoms with van der Waals surface area (Å²) in [6, 6.07) is 0. The van der Waals surface area contributed by atoms with Gasteiger partial charge < -0.3 is 5.73 Å². The topological polar surface area (TPSA) is 43.1 Å². The molecule has 100 valence electrons. The monoisotopic (exact) mass is 239 g/mol. The minimum Gasteiger partial charge on any atom is -0.366 e. The van der Waals surface area contributed by atoms with Gasteiger partial charge in [0, 0.05) is 5.57 Å². The Kier molecular flexibility index (Phi) is 11.1. The Labute approximate surface area is 107 Å². The molecule has 0 spiro atoms.